The fourth-order valence-corrected chi connectivity index (χ4v) is 8.61. The molecule has 0 amide bonds. The second kappa shape index (κ2) is 13.0. The van der Waals surface area contributed by atoms with Gasteiger partial charge in [-0.15, -0.1) is 0 Å². The van der Waals surface area contributed by atoms with Crippen LogP contribution in [-0.4, -0.2) is 9.13 Å². The Morgan fingerprint density at radius 3 is 1.19 bits per heavy atom. The zero-order valence-corrected chi connectivity index (χ0v) is 36.2. The average Bonchev–Trinajstić information content (AvgIpc) is 3.64. The molecule has 0 unspecified atom stereocenters. The molecule has 0 saturated heterocycles. The highest BCUT2D eigenvalue weighted by Gasteiger charge is 2.27. The van der Waals surface area contributed by atoms with Crippen molar-refractivity contribution in [2.24, 2.45) is 0 Å². The van der Waals surface area contributed by atoms with E-state index in [0.717, 1.165) is 22.5 Å². The molecule has 0 N–H and O–H groups in total. The summed E-state index contributed by atoms with van der Waals surface area (Å²) in [5.74, 6) is 0. The summed E-state index contributed by atoms with van der Waals surface area (Å²) in [6, 6.07) is 43.3. The molecule has 8 aromatic rings. The Labute approximate surface area is 339 Å². The van der Waals surface area contributed by atoms with Crippen LogP contribution in [0.2, 0.25) is 0 Å². The van der Waals surface area contributed by atoms with Crippen molar-refractivity contribution < 1.29 is 0 Å². The zero-order valence-electron chi connectivity index (χ0n) is 36.2. The van der Waals surface area contributed by atoms with E-state index >= 15 is 0 Å². The Kier molecular flexibility index (Phi) is 8.71. The first-order valence-corrected chi connectivity index (χ1v) is 20.5. The molecule has 0 bridgehead atoms. The molecular formula is C54H57N3. The summed E-state index contributed by atoms with van der Waals surface area (Å²) in [4.78, 5) is 0. The molecule has 2 heterocycles. The van der Waals surface area contributed by atoms with Crippen LogP contribution < -0.4 is 0 Å². The molecule has 8 rings (SSSR count). The summed E-state index contributed by atoms with van der Waals surface area (Å²) < 4.78 is 5.07. The third-order valence-corrected chi connectivity index (χ3v) is 12.2. The minimum atomic E-state index is -0.0363. The summed E-state index contributed by atoms with van der Waals surface area (Å²) in [6.07, 6.45) is 0. The van der Waals surface area contributed by atoms with Gasteiger partial charge in [0.15, 0.2) is 0 Å². The van der Waals surface area contributed by atoms with Crippen LogP contribution in [0.1, 0.15) is 116 Å². The number of fused-ring (bicyclic) bond motifs is 6. The second-order valence-electron chi connectivity index (χ2n) is 20.4. The van der Waals surface area contributed by atoms with Gasteiger partial charge in [-0.05, 0) is 104 Å². The van der Waals surface area contributed by atoms with Crippen LogP contribution in [-0.2, 0) is 21.7 Å². The van der Waals surface area contributed by atoms with Gasteiger partial charge >= 0.3 is 0 Å². The van der Waals surface area contributed by atoms with Gasteiger partial charge in [-0.2, -0.15) is 5.26 Å². The number of benzene rings is 6. The molecule has 288 valence electrons. The highest BCUT2D eigenvalue weighted by Crippen LogP contribution is 2.44. The van der Waals surface area contributed by atoms with Gasteiger partial charge in [0.25, 0.3) is 0 Å². The van der Waals surface area contributed by atoms with Crippen molar-refractivity contribution in [2.75, 3.05) is 0 Å². The lowest BCUT2D eigenvalue weighted by atomic mass is 9.86. The van der Waals surface area contributed by atoms with E-state index in [2.05, 4.69) is 196 Å². The maximum atomic E-state index is 10.1. The van der Waals surface area contributed by atoms with Gasteiger partial charge in [-0.1, -0.05) is 150 Å². The number of nitrogens with zero attached hydrogens (tertiary/aromatic N) is 3. The van der Waals surface area contributed by atoms with Gasteiger partial charge in [-0.25, -0.2) is 0 Å². The zero-order chi connectivity index (χ0) is 41.0. The fraction of sp³-hybridized carbons (Fsp3) is 0.315. The summed E-state index contributed by atoms with van der Waals surface area (Å²) in [7, 11) is 0. The number of aromatic nitrogens is 2. The van der Waals surface area contributed by atoms with E-state index in [-0.39, 0.29) is 21.7 Å². The maximum absolute atomic E-state index is 10.1. The monoisotopic (exact) mass is 747 g/mol. The number of rotatable bonds is 3. The van der Waals surface area contributed by atoms with Gasteiger partial charge < -0.3 is 9.13 Å². The summed E-state index contributed by atoms with van der Waals surface area (Å²) in [6.45, 7) is 29.9. The van der Waals surface area contributed by atoms with Gasteiger partial charge in [0.1, 0.15) is 0 Å². The van der Waals surface area contributed by atoms with Crippen molar-refractivity contribution in [3.05, 3.63) is 143 Å². The number of hydrogen-bond acceptors (Lipinski definition) is 1. The van der Waals surface area contributed by atoms with Crippen LogP contribution >= 0.6 is 0 Å². The van der Waals surface area contributed by atoms with Crippen LogP contribution in [0, 0.1) is 18.3 Å². The van der Waals surface area contributed by atoms with Crippen molar-refractivity contribution in [2.45, 2.75) is 112 Å². The highest BCUT2D eigenvalue weighted by molar-refractivity contribution is 6.12. The molecule has 0 aliphatic carbocycles. The van der Waals surface area contributed by atoms with Crippen LogP contribution in [0.5, 0.6) is 0 Å². The molecule has 3 heteroatoms. The first-order valence-electron chi connectivity index (χ1n) is 20.5. The van der Waals surface area contributed by atoms with Crippen molar-refractivity contribution in [3.63, 3.8) is 0 Å². The topological polar surface area (TPSA) is 33.6 Å². The van der Waals surface area contributed by atoms with E-state index in [4.69, 9.17) is 0 Å². The maximum Gasteiger partial charge on any atom is 0.0991 e. The Morgan fingerprint density at radius 1 is 0.439 bits per heavy atom. The predicted molar refractivity (Wildman–Crippen MR) is 245 cm³/mol. The van der Waals surface area contributed by atoms with Crippen molar-refractivity contribution in [1.29, 1.82) is 5.26 Å². The van der Waals surface area contributed by atoms with E-state index in [9.17, 15) is 5.26 Å². The molecule has 0 spiro atoms. The van der Waals surface area contributed by atoms with E-state index in [1.807, 2.05) is 18.2 Å². The van der Waals surface area contributed by atoms with Gasteiger partial charge in [-0.3, -0.25) is 0 Å². The van der Waals surface area contributed by atoms with Crippen molar-refractivity contribution >= 4 is 43.6 Å². The first kappa shape index (κ1) is 38.3. The smallest absolute Gasteiger partial charge is 0.0991 e. The van der Waals surface area contributed by atoms with Crippen LogP contribution in [0.25, 0.3) is 66.1 Å². The first-order chi connectivity index (χ1) is 26.7. The third kappa shape index (κ3) is 6.44. The average molecular weight is 748 g/mol. The van der Waals surface area contributed by atoms with Crippen molar-refractivity contribution in [3.8, 4) is 28.6 Å². The Morgan fingerprint density at radius 2 is 0.825 bits per heavy atom. The molecule has 3 nitrogen and oxygen atoms in total. The summed E-state index contributed by atoms with van der Waals surface area (Å²) in [5, 5.41) is 15.1. The molecule has 0 saturated carbocycles. The van der Waals surface area contributed by atoms with E-state index in [0.29, 0.717) is 5.56 Å². The largest absolute Gasteiger partial charge is 0.309 e. The summed E-state index contributed by atoms with van der Waals surface area (Å²) >= 11 is 0. The Balaban J connectivity index is 1.58. The lowest BCUT2D eigenvalue weighted by Gasteiger charge is -2.24. The molecular weight excluding hydrogens is 691 g/mol. The van der Waals surface area contributed by atoms with E-state index in [1.165, 1.54) is 71.4 Å². The Hall–Kier alpha value is -5.59. The molecule has 0 aliphatic rings. The molecule has 57 heavy (non-hydrogen) atoms. The van der Waals surface area contributed by atoms with Gasteiger partial charge in [0, 0.05) is 27.1 Å². The Bertz CT molecular complexity index is 2800. The SMILES string of the molecule is Cc1c(-n2c3cc(C(C)(C)C)ccc3c3ccc(C(C)(C)C)cc32)ccc(-c2cccc(C#N)c2)c1-n1c2cc(C(C)(C)C)ccc2c2ccc(C(C)(C)C)cc21. The van der Waals surface area contributed by atoms with Crippen LogP contribution in [0.15, 0.2) is 109 Å². The quantitative estimate of drug-likeness (QED) is 0.177. The molecule has 0 radical (unpaired) electrons. The minimum Gasteiger partial charge on any atom is -0.309 e. The molecule has 0 atom stereocenters. The van der Waals surface area contributed by atoms with E-state index < -0.39 is 0 Å². The molecule has 2 aromatic heterocycles. The number of hydrogen-bond donors (Lipinski definition) is 0. The van der Waals surface area contributed by atoms with Crippen LogP contribution in [0.3, 0.4) is 0 Å². The summed E-state index contributed by atoms with van der Waals surface area (Å²) in [5.41, 5.74) is 16.1. The van der Waals surface area contributed by atoms with Crippen molar-refractivity contribution in [1.82, 2.24) is 9.13 Å². The van der Waals surface area contributed by atoms with Crippen LogP contribution in [0.4, 0.5) is 0 Å². The molecule has 6 aromatic carbocycles. The standard InChI is InChI=1S/C54H57N3/c1-33-45(56-46-28-36(51(2,3)4)17-21-41(46)42-22-18-37(29-47(42)56)52(5,6)7)26-25-40(35-16-14-15-34(27-35)32-55)50(33)57-48-30-38(53(8,9)10)19-23-43(48)44-24-20-39(31-49(44)57)54(11,12)13/h14-31H,1-13H3. The third-order valence-electron chi connectivity index (χ3n) is 12.2. The highest BCUT2D eigenvalue weighted by atomic mass is 15.0. The van der Waals surface area contributed by atoms with Gasteiger partial charge in [0.05, 0.1) is 45.1 Å². The number of nitriles is 1. The normalized spacial score (nSPS) is 13.0. The fourth-order valence-electron chi connectivity index (χ4n) is 8.61. The molecule has 0 aliphatic heterocycles. The molecule has 0 fully saturated rings. The minimum absolute atomic E-state index is 0.0135. The van der Waals surface area contributed by atoms with Gasteiger partial charge in [0.2, 0.25) is 0 Å². The van der Waals surface area contributed by atoms with E-state index in [1.54, 1.807) is 0 Å². The second-order valence-corrected chi connectivity index (χ2v) is 20.4. The predicted octanol–water partition coefficient (Wildman–Crippen LogP) is 14.9. The lowest BCUT2D eigenvalue weighted by molar-refractivity contribution is 0.590. The lowest BCUT2D eigenvalue weighted by Crippen LogP contribution is -2.12.